The zero-order chi connectivity index (χ0) is 28.9. The van der Waals surface area contributed by atoms with Crippen molar-refractivity contribution in [2.45, 2.75) is 31.6 Å². The molecule has 40 heavy (non-hydrogen) atoms. The summed E-state index contributed by atoms with van der Waals surface area (Å²) in [5, 5.41) is 5.30. The molecule has 1 heterocycles. The Kier molecular flexibility index (Phi) is 9.28. The summed E-state index contributed by atoms with van der Waals surface area (Å²) < 4.78 is 43.7. The zero-order valence-electron chi connectivity index (χ0n) is 21.6. The van der Waals surface area contributed by atoms with Gasteiger partial charge in [0.05, 0.1) is 23.8 Å². The summed E-state index contributed by atoms with van der Waals surface area (Å²) in [4.78, 5) is 28.4. The molecule has 0 bridgehead atoms. The molecule has 0 saturated carbocycles. The van der Waals surface area contributed by atoms with Gasteiger partial charge in [-0.2, -0.15) is 4.98 Å². The van der Waals surface area contributed by atoms with E-state index < -0.39 is 28.5 Å². The molecule has 1 aromatic heterocycles. The van der Waals surface area contributed by atoms with Crippen molar-refractivity contribution in [2.24, 2.45) is 0 Å². The molecule has 0 unspecified atom stereocenters. The number of hydrogen-bond acceptors (Lipinski definition) is 9. The first-order chi connectivity index (χ1) is 19.1. The molecule has 3 aromatic carbocycles. The molecule has 0 atom stereocenters. The van der Waals surface area contributed by atoms with E-state index in [9.17, 15) is 18.0 Å². The first-order valence-corrected chi connectivity index (χ1v) is 14.5. The minimum atomic E-state index is -4.27. The number of unbranched alkanes of at least 4 members (excludes halogenated alkanes) is 1. The maximum Gasteiger partial charge on any atom is 0.379 e. The van der Waals surface area contributed by atoms with Gasteiger partial charge in [0.15, 0.2) is 0 Å². The number of anilines is 1. The lowest BCUT2D eigenvalue weighted by Gasteiger charge is -2.24. The molecule has 0 aliphatic rings. The fourth-order valence-corrected chi connectivity index (χ4v) is 5.88. The second kappa shape index (κ2) is 12.7. The van der Waals surface area contributed by atoms with Crippen molar-refractivity contribution < 1.29 is 32.0 Å². The number of carbonyl (C=O) groups is 2. The molecule has 10 nitrogen and oxygen atoms in total. The van der Waals surface area contributed by atoms with Gasteiger partial charge in [0.1, 0.15) is 6.54 Å². The van der Waals surface area contributed by atoms with Crippen molar-refractivity contribution >= 4 is 61.6 Å². The van der Waals surface area contributed by atoms with Crippen molar-refractivity contribution in [3.8, 4) is 11.5 Å². The minimum Gasteiger partial charge on any atom is -0.464 e. The Hall–Kier alpha value is -3.67. The van der Waals surface area contributed by atoms with Crippen LogP contribution in [0.3, 0.4) is 0 Å². The van der Waals surface area contributed by atoms with Crippen molar-refractivity contribution in [2.75, 3.05) is 24.1 Å². The zero-order valence-corrected chi connectivity index (χ0v) is 23.9. The average molecular weight is 606 g/mol. The van der Waals surface area contributed by atoms with Crippen LogP contribution in [0.5, 0.6) is 0 Å². The second-order valence-corrected chi connectivity index (χ2v) is 11.3. The van der Waals surface area contributed by atoms with Gasteiger partial charge in [-0.1, -0.05) is 48.7 Å². The first-order valence-electron chi connectivity index (χ1n) is 12.3. The van der Waals surface area contributed by atoms with Crippen LogP contribution in [0.4, 0.5) is 5.69 Å². The van der Waals surface area contributed by atoms with Crippen LogP contribution in [0.1, 0.15) is 37.3 Å². The molecular weight excluding hydrogens is 581 g/mol. The minimum absolute atomic E-state index is 0.117. The Morgan fingerprint density at radius 3 is 2.35 bits per heavy atom. The first kappa shape index (κ1) is 29.3. The van der Waals surface area contributed by atoms with E-state index in [4.69, 9.17) is 37.2 Å². The number of benzene rings is 3. The quantitative estimate of drug-likeness (QED) is 0.151. The summed E-state index contributed by atoms with van der Waals surface area (Å²) in [6.45, 7) is 3.42. The molecule has 4 aromatic rings. The number of hydrogen-bond donors (Lipinski definition) is 0. The number of halogens is 2. The molecule has 4 rings (SSSR count). The number of nitrogens with zero attached hydrogens (tertiary/aromatic N) is 3. The van der Waals surface area contributed by atoms with E-state index in [1.54, 1.807) is 43.3 Å². The summed E-state index contributed by atoms with van der Waals surface area (Å²) in [6.07, 6.45) is 1.47. The Morgan fingerprint density at radius 1 is 0.950 bits per heavy atom. The third kappa shape index (κ3) is 6.72. The number of aromatic nitrogens is 2. The lowest BCUT2D eigenvalue weighted by molar-refractivity contribution is -0.141. The summed E-state index contributed by atoms with van der Waals surface area (Å²) in [6, 6.07) is 14.0. The highest BCUT2D eigenvalue weighted by atomic mass is 35.5. The van der Waals surface area contributed by atoms with Crippen LogP contribution >= 0.6 is 23.2 Å². The van der Waals surface area contributed by atoms with Gasteiger partial charge in [0.2, 0.25) is 0 Å². The third-order valence-electron chi connectivity index (χ3n) is 5.70. The fourth-order valence-electron chi connectivity index (χ4n) is 3.75. The maximum absolute atomic E-state index is 13.7. The van der Waals surface area contributed by atoms with Crippen LogP contribution in [0.2, 0.25) is 10.0 Å². The lowest BCUT2D eigenvalue weighted by atomic mass is 10.1. The number of carbonyl (C=O) groups excluding carboxylic acids is 2. The van der Waals surface area contributed by atoms with E-state index in [0.29, 0.717) is 22.8 Å². The van der Waals surface area contributed by atoms with Gasteiger partial charge in [-0.05, 0) is 71.7 Å². The highest BCUT2D eigenvalue weighted by Gasteiger charge is 2.29. The lowest BCUT2D eigenvalue weighted by Crippen LogP contribution is -2.36. The van der Waals surface area contributed by atoms with E-state index in [2.05, 4.69) is 10.1 Å². The molecule has 13 heteroatoms. The summed E-state index contributed by atoms with van der Waals surface area (Å²) >= 11 is 12.1. The largest absolute Gasteiger partial charge is 0.464 e. The predicted molar refractivity (Wildman–Crippen MR) is 150 cm³/mol. The Labute approximate surface area is 240 Å². The highest BCUT2D eigenvalue weighted by molar-refractivity contribution is 7.92. The van der Waals surface area contributed by atoms with E-state index in [-0.39, 0.29) is 45.6 Å². The molecule has 0 N–H and O–H groups in total. The molecule has 0 aliphatic heterocycles. The molecule has 0 fully saturated rings. The Balaban J connectivity index is 1.70. The van der Waals surface area contributed by atoms with E-state index in [0.717, 1.165) is 10.7 Å². The van der Waals surface area contributed by atoms with Crippen LogP contribution in [-0.2, 0) is 24.3 Å². The smallest absolute Gasteiger partial charge is 0.379 e. The predicted octanol–water partition coefficient (Wildman–Crippen LogP) is 5.91. The van der Waals surface area contributed by atoms with E-state index in [1.165, 1.54) is 18.2 Å². The third-order valence-corrected chi connectivity index (χ3v) is 7.89. The number of ether oxygens (including phenoxy) is 2. The number of fused-ring (bicyclic) bond motifs is 1. The standard InChI is InChI=1S/C27H25Cl2N3O7S/c1-3-5-10-38-24(33)16-32(40(35,36)23-14-20(28)13-21(29)15-23)22-9-8-17-11-19(7-6-18(17)12-22)26-30-25(31-39-26)27(34)37-4-2/h6-9,11-15H,3-5,10,16H2,1-2H3. The number of esters is 2. The molecule has 0 spiro atoms. The molecule has 0 saturated heterocycles. The number of rotatable bonds is 11. The van der Waals surface area contributed by atoms with Crippen molar-refractivity contribution in [3.63, 3.8) is 0 Å². The normalized spacial score (nSPS) is 11.4. The molecular formula is C27H25Cl2N3O7S. The van der Waals surface area contributed by atoms with Crippen molar-refractivity contribution in [3.05, 3.63) is 70.5 Å². The van der Waals surface area contributed by atoms with Crippen LogP contribution in [0.25, 0.3) is 22.2 Å². The Morgan fingerprint density at radius 2 is 1.65 bits per heavy atom. The average Bonchev–Trinajstić information content (AvgIpc) is 3.41. The summed E-state index contributed by atoms with van der Waals surface area (Å²) in [5.74, 6) is -1.47. The van der Waals surface area contributed by atoms with E-state index in [1.807, 2.05) is 6.92 Å². The van der Waals surface area contributed by atoms with Crippen LogP contribution in [0.15, 0.2) is 64.0 Å². The van der Waals surface area contributed by atoms with Gasteiger partial charge in [-0.25, -0.2) is 13.2 Å². The van der Waals surface area contributed by atoms with E-state index >= 15 is 0 Å². The van der Waals surface area contributed by atoms with Crippen LogP contribution < -0.4 is 4.31 Å². The molecule has 0 aliphatic carbocycles. The SMILES string of the molecule is CCCCOC(=O)CN(c1ccc2cc(-c3nc(C(=O)OCC)no3)ccc2c1)S(=O)(=O)c1cc(Cl)cc(Cl)c1. The molecule has 210 valence electrons. The number of sulfonamides is 1. The van der Waals surface area contributed by atoms with Crippen molar-refractivity contribution in [1.29, 1.82) is 0 Å². The molecule has 0 amide bonds. The van der Waals surface area contributed by atoms with Gasteiger partial charge >= 0.3 is 11.9 Å². The fraction of sp³-hybridized carbons (Fsp3) is 0.259. The maximum atomic E-state index is 13.7. The van der Waals surface area contributed by atoms with Crippen LogP contribution in [0, 0.1) is 0 Å². The highest BCUT2D eigenvalue weighted by Crippen LogP contribution is 2.31. The monoisotopic (exact) mass is 605 g/mol. The Bertz CT molecular complexity index is 1640. The van der Waals surface area contributed by atoms with Gasteiger partial charge in [-0.3, -0.25) is 9.10 Å². The van der Waals surface area contributed by atoms with Gasteiger partial charge < -0.3 is 14.0 Å². The van der Waals surface area contributed by atoms with Crippen LogP contribution in [-0.4, -0.2) is 50.3 Å². The second-order valence-electron chi connectivity index (χ2n) is 8.58. The van der Waals surface area contributed by atoms with Gasteiger partial charge in [-0.15, -0.1) is 0 Å². The van der Waals surface area contributed by atoms with Gasteiger partial charge in [0, 0.05) is 15.6 Å². The summed E-state index contributed by atoms with van der Waals surface area (Å²) in [5.41, 5.74) is 0.770. The summed E-state index contributed by atoms with van der Waals surface area (Å²) in [7, 11) is -4.27. The molecule has 0 radical (unpaired) electrons. The topological polar surface area (TPSA) is 129 Å². The van der Waals surface area contributed by atoms with Gasteiger partial charge in [0.25, 0.3) is 21.7 Å². The van der Waals surface area contributed by atoms with Crippen molar-refractivity contribution in [1.82, 2.24) is 10.1 Å².